The Morgan fingerprint density at radius 2 is 1.50 bits per heavy atom. The number of carbonyl (C=O) groups excluding carboxylic acids is 2. The number of hydrogen-bond acceptors (Lipinski definition) is 4. The van der Waals surface area contributed by atoms with Crippen molar-refractivity contribution in [3.8, 4) is 0 Å². The van der Waals surface area contributed by atoms with E-state index in [2.05, 4.69) is 5.32 Å². The van der Waals surface area contributed by atoms with Crippen molar-refractivity contribution in [3.05, 3.63) is 95.8 Å². The summed E-state index contributed by atoms with van der Waals surface area (Å²) >= 11 is 0. The van der Waals surface area contributed by atoms with Crippen LogP contribution in [0.25, 0.3) is 0 Å². The monoisotopic (exact) mass is 539 g/mol. The van der Waals surface area contributed by atoms with Gasteiger partial charge in [-0.1, -0.05) is 48.0 Å². The number of amides is 2. The molecule has 0 bridgehead atoms. The zero-order valence-electron chi connectivity index (χ0n) is 22.3. The molecule has 202 valence electrons. The molecule has 0 spiro atoms. The summed E-state index contributed by atoms with van der Waals surface area (Å²) in [6, 6.07) is 19.2. The van der Waals surface area contributed by atoms with Gasteiger partial charge in [0, 0.05) is 12.1 Å². The summed E-state index contributed by atoms with van der Waals surface area (Å²) in [5.41, 5.74) is 1.44. The second-order valence-corrected chi connectivity index (χ2v) is 12.1. The van der Waals surface area contributed by atoms with E-state index in [1.54, 1.807) is 25.1 Å². The van der Waals surface area contributed by atoms with Gasteiger partial charge in [0.05, 0.1) is 10.6 Å². The molecule has 0 saturated heterocycles. The van der Waals surface area contributed by atoms with Gasteiger partial charge < -0.3 is 10.2 Å². The van der Waals surface area contributed by atoms with E-state index in [4.69, 9.17) is 0 Å². The molecule has 1 atom stereocenters. The lowest BCUT2D eigenvalue weighted by atomic mass is 10.1. The van der Waals surface area contributed by atoms with Crippen molar-refractivity contribution in [2.45, 2.75) is 57.6 Å². The summed E-state index contributed by atoms with van der Waals surface area (Å²) < 4.78 is 41.9. The fourth-order valence-electron chi connectivity index (χ4n) is 3.80. The van der Waals surface area contributed by atoms with E-state index in [0.717, 1.165) is 27.6 Å². The molecular formula is C29H34FN3O4S. The molecule has 0 aliphatic heterocycles. The zero-order valence-corrected chi connectivity index (χ0v) is 23.1. The molecule has 0 aliphatic carbocycles. The molecular weight excluding hydrogens is 505 g/mol. The van der Waals surface area contributed by atoms with Crippen LogP contribution >= 0.6 is 0 Å². The molecule has 0 fully saturated rings. The summed E-state index contributed by atoms with van der Waals surface area (Å²) in [5.74, 6) is -1.48. The lowest BCUT2D eigenvalue weighted by Crippen LogP contribution is -2.54. The Bertz CT molecular complexity index is 1350. The normalized spacial score (nSPS) is 12.5. The van der Waals surface area contributed by atoms with E-state index in [0.29, 0.717) is 0 Å². The molecule has 3 aromatic carbocycles. The summed E-state index contributed by atoms with van der Waals surface area (Å²) in [5, 5.41) is 2.89. The average Bonchev–Trinajstić information content (AvgIpc) is 2.86. The van der Waals surface area contributed by atoms with Gasteiger partial charge in [0.15, 0.2) is 0 Å². The summed E-state index contributed by atoms with van der Waals surface area (Å²) in [4.78, 5) is 28.3. The van der Waals surface area contributed by atoms with E-state index in [1.807, 2.05) is 52.0 Å². The van der Waals surface area contributed by atoms with Gasteiger partial charge >= 0.3 is 0 Å². The van der Waals surface area contributed by atoms with Crippen LogP contribution in [0.2, 0.25) is 0 Å². The molecule has 7 nitrogen and oxygen atoms in total. The molecule has 0 aliphatic rings. The number of benzene rings is 3. The van der Waals surface area contributed by atoms with Crippen molar-refractivity contribution in [1.82, 2.24) is 10.2 Å². The minimum Gasteiger partial charge on any atom is -0.350 e. The van der Waals surface area contributed by atoms with Gasteiger partial charge in [-0.25, -0.2) is 12.8 Å². The molecule has 0 heterocycles. The van der Waals surface area contributed by atoms with Crippen molar-refractivity contribution in [2.75, 3.05) is 10.8 Å². The molecule has 0 saturated carbocycles. The second kappa shape index (κ2) is 11.8. The number of hydrogen-bond donors (Lipinski definition) is 1. The van der Waals surface area contributed by atoms with Crippen LogP contribution < -0.4 is 9.62 Å². The summed E-state index contributed by atoms with van der Waals surface area (Å²) in [6.45, 7) is 8.59. The zero-order chi connectivity index (χ0) is 28.1. The van der Waals surface area contributed by atoms with E-state index >= 15 is 0 Å². The number of carbonyl (C=O) groups is 2. The standard InChI is InChI=1S/C29H34FN3O4S/c1-21-11-13-23(14-12-21)19-32(22(2)28(35)31-29(3,4)5)27(34)20-33(25-17-15-24(30)16-18-25)38(36,37)26-9-7-6-8-10-26/h6-18,22H,19-20H2,1-5H3,(H,31,35)/t22-/m0/s1. The number of rotatable bonds is 9. The Balaban J connectivity index is 2.01. The van der Waals surface area contributed by atoms with Gasteiger partial charge in [0.2, 0.25) is 11.8 Å². The van der Waals surface area contributed by atoms with Crippen LogP contribution in [0.1, 0.15) is 38.8 Å². The Kier molecular flexibility index (Phi) is 8.93. The molecule has 0 radical (unpaired) electrons. The Labute approximate surface area is 224 Å². The van der Waals surface area contributed by atoms with Crippen LogP contribution in [0.15, 0.2) is 83.8 Å². The molecule has 2 amide bonds. The minimum atomic E-state index is -4.19. The third kappa shape index (κ3) is 7.41. The van der Waals surface area contributed by atoms with Crippen LogP contribution in [-0.2, 0) is 26.2 Å². The van der Waals surface area contributed by atoms with Gasteiger partial charge in [-0.05, 0) is 76.6 Å². The fourth-order valence-corrected chi connectivity index (χ4v) is 5.24. The van der Waals surface area contributed by atoms with Gasteiger partial charge in [0.1, 0.15) is 18.4 Å². The number of nitrogens with one attached hydrogen (secondary N) is 1. The van der Waals surface area contributed by atoms with Crippen molar-refractivity contribution in [2.24, 2.45) is 0 Å². The SMILES string of the molecule is Cc1ccc(CN(C(=O)CN(c2ccc(F)cc2)S(=O)(=O)c2ccccc2)[C@@H](C)C(=O)NC(C)(C)C)cc1. The van der Waals surface area contributed by atoms with Crippen LogP contribution in [0.5, 0.6) is 0 Å². The van der Waals surface area contributed by atoms with Crippen molar-refractivity contribution >= 4 is 27.5 Å². The maximum Gasteiger partial charge on any atom is 0.264 e. The first-order valence-electron chi connectivity index (χ1n) is 12.3. The number of anilines is 1. The molecule has 0 aromatic heterocycles. The van der Waals surface area contributed by atoms with Crippen LogP contribution in [0, 0.1) is 12.7 Å². The highest BCUT2D eigenvalue weighted by molar-refractivity contribution is 7.92. The molecule has 3 aromatic rings. The first kappa shape index (κ1) is 28.8. The first-order chi connectivity index (χ1) is 17.8. The Morgan fingerprint density at radius 3 is 2.05 bits per heavy atom. The van der Waals surface area contributed by atoms with E-state index in [9.17, 15) is 22.4 Å². The van der Waals surface area contributed by atoms with Crippen LogP contribution in [-0.4, -0.2) is 43.3 Å². The predicted octanol–water partition coefficient (Wildman–Crippen LogP) is 4.66. The lowest BCUT2D eigenvalue weighted by molar-refractivity contribution is -0.140. The van der Waals surface area contributed by atoms with Crippen LogP contribution in [0.4, 0.5) is 10.1 Å². The first-order valence-corrected chi connectivity index (χ1v) is 13.7. The quantitative estimate of drug-likeness (QED) is 0.429. The van der Waals surface area contributed by atoms with E-state index in [-0.39, 0.29) is 23.0 Å². The third-order valence-corrected chi connectivity index (χ3v) is 7.65. The number of nitrogens with zero attached hydrogens (tertiary/aromatic N) is 2. The third-order valence-electron chi connectivity index (χ3n) is 5.86. The van der Waals surface area contributed by atoms with Crippen LogP contribution in [0.3, 0.4) is 0 Å². The smallest absolute Gasteiger partial charge is 0.264 e. The van der Waals surface area contributed by atoms with Gasteiger partial charge in [0.25, 0.3) is 10.0 Å². The maximum absolute atomic E-state index is 13.8. The van der Waals surface area contributed by atoms with Gasteiger partial charge in [-0.2, -0.15) is 0 Å². The number of halogens is 1. The largest absolute Gasteiger partial charge is 0.350 e. The average molecular weight is 540 g/mol. The highest BCUT2D eigenvalue weighted by atomic mass is 32.2. The summed E-state index contributed by atoms with van der Waals surface area (Å²) in [7, 11) is -4.19. The number of aryl methyl sites for hydroxylation is 1. The maximum atomic E-state index is 13.8. The molecule has 0 unspecified atom stereocenters. The van der Waals surface area contributed by atoms with Crippen molar-refractivity contribution in [1.29, 1.82) is 0 Å². The second-order valence-electron chi connectivity index (χ2n) is 10.2. The van der Waals surface area contributed by atoms with Crippen molar-refractivity contribution in [3.63, 3.8) is 0 Å². The fraction of sp³-hybridized carbons (Fsp3) is 0.310. The van der Waals surface area contributed by atoms with E-state index < -0.39 is 39.9 Å². The minimum absolute atomic E-state index is 0.0132. The molecule has 9 heteroatoms. The van der Waals surface area contributed by atoms with E-state index in [1.165, 1.54) is 29.2 Å². The van der Waals surface area contributed by atoms with Crippen molar-refractivity contribution < 1.29 is 22.4 Å². The lowest BCUT2D eigenvalue weighted by Gasteiger charge is -2.33. The highest BCUT2D eigenvalue weighted by Gasteiger charge is 2.33. The molecule has 3 rings (SSSR count). The topological polar surface area (TPSA) is 86.8 Å². The summed E-state index contributed by atoms with van der Waals surface area (Å²) in [6.07, 6.45) is 0. The molecule has 1 N–H and O–H groups in total. The predicted molar refractivity (Wildman–Crippen MR) is 146 cm³/mol. The molecule has 38 heavy (non-hydrogen) atoms. The Hall–Kier alpha value is -3.72. The highest BCUT2D eigenvalue weighted by Crippen LogP contribution is 2.25. The van der Waals surface area contributed by atoms with Gasteiger partial charge in [-0.3, -0.25) is 13.9 Å². The number of sulfonamides is 1. The Morgan fingerprint density at radius 1 is 0.921 bits per heavy atom. The van der Waals surface area contributed by atoms with Gasteiger partial charge in [-0.15, -0.1) is 0 Å².